The number of alkyl halides is 3. The summed E-state index contributed by atoms with van der Waals surface area (Å²) in [6.45, 7) is 1.70. The maximum atomic E-state index is 12.7. The molecule has 8 heteroatoms. The predicted molar refractivity (Wildman–Crippen MR) is 90.7 cm³/mol. The Morgan fingerprint density at radius 2 is 1.92 bits per heavy atom. The first-order valence-electron chi connectivity index (χ1n) is 8.46. The van der Waals surface area contributed by atoms with E-state index in [9.17, 15) is 18.0 Å². The lowest BCUT2D eigenvalue weighted by molar-refractivity contribution is -0.137. The smallest absolute Gasteiger partial charge is 0.347 e. The molecule has 0 unspecified atom stereocenters. The van der Waals surface area contributed by atoms with Crippen molar-refractivity contribution in [2.45, 2.75) is 32.0 Å². The summed E-state index contributed by atoms with van der Waals surface area (Å²) in [7, 11) is 0. The Balaban J connectivity index is 1.65. The summed E-state index contributed by atoms with van der Waals surface area (Å²) in [4.78, 5) is 22.8. The lowest BCUT2D eigenvalue weighted by atomic mass is 10.1. The fourth-order valence-corrected chi connectivity index (χ4v) is 2.85. The number of hydrogen-bond donors (Lipinski definition) is 1. The van der Waals surface area contributed by atoms with Gasteiger partial charge in [-0.3, -0.25) is 4.79 Å². The molecular formula is C18H19F3N4O. The van der Waals surface area contributed by atoms with Crippen molar-refractivity contribution >= 4 is 11.9 Å². The van der Waals surface area contributed by atoms with Gasteiger partial charge in [0, 0.05) is 25.8 Å². The van der Waals surface area contributed by atoms with Crippen molar-refractivity contribution in [2.75, 3.05) is 18.0 Å². The van der Waals surface area contributed by atoms with E-state index in [-0.39, 0.29) is 12.2 Å². The molecule has 1 aliphatic rings. The van der Waals surface area contributed by atoms with E-state index in [2.05, 4.69) is 15.3 Å². The van der Waals surface area contributed by atoms with Gasteiger partial charge in [-0.1, -0.05) is 12.1 Å². The predicted octanol–water partition coefficient (Wildman–Crippen LogP) is 3.42. The largest absolute Gasteiger partial charge is 0.416 e. The Morgan fingerprint density at radius 3 is 2.65 bits per heavy atom. The number of aromatic nitrogens is 2. The first-order chi connectivity index (χ1) is 12.4. The van der Waals surface area contributed by atoms with Gasteiger partial charge >= 0.3 is 6.18 Å². The molecule has 2 aromatic rings. The molecule has 1 amide bonds. The Bertz CT molecular complexity index is 773. The molecule has 5 nitrogen and oxygen atoms in total. The number of nitrogens with zero attached hydrogens (tertiary/aromatic N) is 3. The minimum atomic E-state index is -4.41. The van der Waals surface area contributed by atoms with E-state index in [1.165, 1.54) is 30.8 Å². The lowest BCUT2D eigenvalue weighted by Gasteiger charge is -2.26. The minimum Gasteiger partial charge on any atom is -0.347 e. The van der Waals surface area contributed by atoms with Gasteiger partial charge in [0.1, 0.15) is 5.69 Å². The fraction of sp³-hybridized carbons (Fsp3) is 0.389. The summed E-state index contributed by atoms with van der Waals surface area (Å²) in [5, 5.41) is 2.61. The molecule has 0 atom stereocenters. The van der Waals surface area contributed by atoms with Crippen molar-refractivity contribution in [3.8, 4) is 0 Å². The van der Waals surface area contributed by atoms with Crippen LogP contribution in [0, 0.1) is 0 Å². The van der Waals surface area contributed by atoms with E-state index in [1.54, 1.807) is 0 Å². The minimum absolute atomic E-state index is 0.00813. The zero-order chi connectivity index (χ0) is 18.6. The maximum absolute atomic E-state index is 12.7. The van der Waals surface area contributed by atoms with E-state index in [0.717, 1.165) is 38.1 Å². The summed E-state index contributed by atoms with van der Waals surface area (Å²) in [5.74, 6) is 0.0690. The highest BCUT2D eigenvalue weighted by Gasteiger charge is 2.30. The van der Waals surface area contributed by atoms with Gasteiger partial charge < -0.3 is 10.2 Å². The zero-order valence-electron chi connectivity index (χ0n) is 14.1. The van der Waals surface area contributed by atoms with E-state index >= 15 is 0 Å². The molecule has 3 rings (SSSR count). The Hall–Kier alpha value is -2.64. The number of carbonyl (C=O) groups excluding carboxylic acids is 1. The van der Waals surface area contributed by atoms with Crippen LogP contribution in [0.25, 0.3) is 0 Å². The van der Waals surface area contributed by atoms with Crippen LogP contribution in [0.15, 0.2) is 36.5 Å². The number of halogens is 3. The van der Waals surface area contributed by atoms with E-state index < -0.39 is 17.6 Å². The second-order valence-corrected chi connectivity index (χ2v) is 6.17. The molecule has 0 bridgehead atoms. The molecule has 1 aliphatic heterocycles. The average Bonchev–Trinajstić information content (AvgIpc) is 2.66. The lowest BCUT2D eigenvalue weighted by Crippen LogP contribution is -2.32. The van der Waals surface area contributed by atoms with Crippen LogP contribution in [0.5, 0.6) is 0 Å². The molecule has 1 fully saturated rings. The Labute approximate surface area is 149 Å². The third-order valence-electron chi connectivity index (χ3n) is 4.22. The van der Waals surface area contributed by atoms with E-state index in [4.69, 9.17) is 0 Å². The number of rotatable bonds is 4. The molecule has 2 heterocycles. The molecule has 1 aromatic carbocycles. The Morgan fingerprint density at radius 1 is 1.15 bits per heavy atom. The topological polar surface area (TPSA) is 58.1 Å². The third kappa shape index (κ3) is 4.50. The number of hydrogen-bond acceptors (Lipinski definition) is 4. The molecule has 138 valence electrons. The second kappa shape index (κ2) is 7.72. The molecule has 1 saturated heterocycles. The van der Waals surface area contributed by atoms with E-state index in [1.807, 2.05) is 4.90 Å². The Kier molecular flexibility index (Phi) is 5.39. The standard InChI is InChI=1S/C18H19F3N4O/c19-18(20,21)14-6-4-5-13(11-14)12-23-16(26)15-7-8-22-17(24-15)25-9-2-1-3-10-25/h4-8,11H,1-3,9-10,12H2,(H,23,26). The monoisotopic (exact) mass is 364 g/mol. The highest BCUT2D eigenvalue weighted by molar-refractivity contribution is 5.92. The molecule has 0 aliphatic carbocycles. The molecule has 26 heavy (non-hydrogen) atoms. The van der Waals surface area contributed by atoms with Crippen molar-refractivity contribution < 1.29 is 18.0 Å². The van der Waals surface area contributed by atoms with Crippen LogP contribution in [0.2, 0.25) is 0 Å². The molecule has 0 radical (unpaired) electrons. The van der Waals surface area contributed by atoms with Crippen molar-refractivity contribution in [3.63, 3.8) is 0 Å². The number of amides is 1. The van der Waals surface area contributed by atoms with Gasteiger partial charge in [0.2, 0.25) is 5.95 Å². The average molecular weight is 364 g/mol. The molecule has 0 saturated carbocycles. The highest BCUT2D eigenvalue weighted by Crippen LogP contribution is 2.29. The van der Waals surface area contributed by atoms with Gasteiger partial charge in [-0.25, -0.2) is 9.97 Å². The SMILES string of the molecule is O=C(NCc1cccc(C(F)(F)F)c1)c1ccnc(N2CCCCC2)n1. The van der Waals surface area contributed by atoms with Gasteiger partial charge in [0.05, 0.1) is 5.56 Å². The van der Waals surface area contributed by atoms with Crippen molar-refractivity contribution in [3.05, 3.63) is 53.3 Å². The van der Waals surface area contributed by atoms with Gasteiger partial charge in [-0.05, 0) is 43.0 Å². The van der Waals surface area contributed by atoms with Crippen LogP contribution in [-0.4, -0.2) is 29.0 Å². The maximum Gasteiger partial charge on any atom is 0.416 e. The molecule has 0 spiro atoms. The molecule has 1 N–H and O–H groups in total. The van der Waals surface area contributed by atoms with Gasteiger partial charge in [-0.2, -0.15) is 13.2 Å². The zero-order valence-corrected chi connectivity index (χ0v) is 14.1. The normalized spacial score (nSPS) is 15.0. The number of nitrogens with one attached hydrogen (secondary N) is 1. The van der Waals surface area contributed by atoms with Crippen LogP contribution in [0.4, 0.5) is 19.1 Å². The van der Waals surface area contributed by atoms with Crippen LogP contribution in [0.3, 0.4) is 0 Å². The van der Waals surface area contributed by atoms with Crippen LogP contribution in [-0.2, 0) is 12.7 Å². The fourth-order valence-electron chi connectivity index (χ4n) is 2.85. The summed E-state index contributed by atoms with van der Waals surface area (Å²) < 4.78 is 38.2. The van der Waals surface area contributed by atoms with Crippen LogP contribution in [0.1, 0.15) is 40.9 Å². The number of anilines is 1. The molecular weight excluding hydrogens is 345 g/mol. The number of piperidine rings is 1. The third-order valence-corrected chi connectivity index (χ3v) is 4.22. The summed E-state index contributed by atoms with van der Waals surface area (Å²) >= 11 is 0. The quantitative estimate of drug-likeness (QED) is 0.903. The first-order valence-corrected chi connectivity index (χ1v) is 8.46. The van der Waals surface area contributed by atoms with E-state index in [0.29, 0.717) is 11.5 Å². The summed E-state index contributed by atoms with van der Waals surface area (Å²) in [6, 6.07) is 6.38. The molecule has 1 aromatic heterocycles. The number of benzene rings is 1. The number of carbonyl (C=O) groups is 1. The first kappa shape index (κ1) is 18.2. The van der Waals surface area contributed by atoms with Crippen molar-refractivity contribution in [1.29, 1.82) is 0 Å². The van der Waals surface area contributed by atoms with Gasteiger partial charge in [-0.15, -0.1) is 0 Å². The highest BCUT2D eigenvalue weighted by atomic mass is 19.4. The van der Waals surface area contributed by atoms with Gasteiger partial charge in [0.25, 0.3) is 5.91 Å². The summed E-state index contributed by atoms with van der Waals surface area (Å²) in [6.07, 6.45) is 0.421. The van der Waals surface area contributed by atoms with Crippen molar-refractivity contribution in [1.82, 2.24) is 15.3 Å². The summed E-state index contributed by atoms with van der Waals surface area (Å²) in [5.41, 5.74) is -0.162. The van der Waals surface area contributed by atoms with Crippen LogP contribution >= 0.6 is 0 Å². The second-order valence-electron chi connectivity index (χ2n) is 6.17. The van der Waals surface area contributed by atoms with Crippen molar-refractivity contribution in [2.24, 2.45) is 0 Å². The van der Waals surface area contributed by atoms with Crippen LogP contribution < -0.4 is 10.2 Å². The van der Waals surface area contributed by atoms with Gasteiger partial charge in [0.15, 0.2) is 0 Å².